The Labute approximate surface area is 60.3 Å². The summed E-state index contributed by atoms with van der Waals surface area (Å²) < 4.78 is 0. The lowest BCUT2D eigenvalue weighted by atomic mass is 10.2. The molecule has 0 aromatic carbocycles. The van der Waals surface area contributed by atoms with Crippen molar-refractivity contribution in [2.75, 3.05) is 0 Å². The van der Waals surface area contributed by atoms with E-state index in [1.165, 1.54) is 0 Å². The van der Waals surface area contributed by atoms with Crippen molar-refractivity contribution < 1.29 is 5.21 Å². The zero-order chi connectivity index (χ0) is 6.41. The fraction of sp³-hybridized carbons (Fsp3) is 0.500. The molecule has 0 aromatic rings. The number of oxime groups is 1. The molecule has 0 fully saturated rings. The smallest absolute Gasteiger partial charge is 0.0605 e. The Morgan fingerprint density at radius 2 is 2.33 bits per heavy atom. The first-order valence-electron chi connectivity index (χ1n) is 2.65. The van der Waals surface area contributed by atoms with Crippen LogP contribution in [0.4, 0.5) is 0 Å². The van der Waals surface area contributed by atoms with Gasteiger partial charge < -0.3 is 5.21 Å². The molecular weight excluding hydrogens is 130 g/mol. The SMILES string of the molecule is C=CCC(CC)=NO.[SiH4]. The van der Waals surface area contributed by atoms with E-state index in [1.54, 1.807) is 6.08 Å². The summed E-state index contributed by atoms with van der Waals surface area (Å²) in [6.45, 7) is 5.45. The summed E-state index contributed by atoms with van der Waals surface area (Å²) in [6, 6.07) is 0. The fourth-order valence-corrected chi connectivity index (χ4v) is 0.422. The molecule has 0 bridgehead atoms. The van der Waals surface area contributed by atoms with E-state index in [0.717, 1.165) is 12.1 Å². The van der Waals surface area contributed by atoms with Crippen LogP contribution in [0.15, 0.2) is 17.8 Å². The standard InChI is InChI=1S/C6H11NO.H4Si/c1-3-5-6(4-2)7-8;/h3,8H,1,4-5H2,2H3;1H4. The van der Waals surface area contributed by atoms with E-state index >= 15 is 0 Å². The molecule has 0 unspecified atom stereocenters. The minimum atomic E-state index is 0. The molecule has 0 aliphatic carbocycles. The average Bonchev–Trinajstić information content (AvgIpc) is 1.83. The van der Waals surface area contributed by atoms with Crippen molar-refractivity contribution >= 4 is 16.7 Å². The molecule has 1 N–H and O–H groups in total. The van der Waals surface area contributed by atoms with E-state index in [-0.39, 0.29) is 11.0 Å². The van der Waals surface area contributed by atoms with Gasteiger partial charge in [0.25, 0.3) is 0 Å². The van der Waals surface area contributed by atoms with Gasteiger partial charge in [-0.15, -0.1) is 6.58 Å². The van der Waals surface area contributed by atoms with Gasteiger partial charge in [0.2, 0.25) is 0 Å². The monoisotopic (exact) mass is 145 g/mol. The van der Waals surface area contributed by atoms with Crippen LogP contribution in [0, 0.1) is 0 Å². The highest BCUT2D eigenvalue weighted by Crippen LogP contribution is 1.90. The maximum absolute atomic E-state index is 8.20. The van der Waals surface area contributed by atoms with Crippen molar-refractivity contribution in [3.05, 3.63) is 12.7 Å². The predicted molar refractivity (Wildman–Crippen MR) is 45.7 cm³/mol. The quantitative estimate of drug-likeness (QED) is 0.201. The Balaban J connectivity index is 0. The molecule has 0 aliphatic rings. The molecule has 0 atom stereocenters. The summed E-state index contributed by atoms with van der Waals surface area (Å²) in [5, 5.41) is 11.2. The molecule has 3 heteroatoms. The molecule has 0 saturated carbocycles. The minimum Gasteiger partial charge on any atom is -0.411 e. The van der Waals surface area contributed by atoms with E-state index in [1.807, 2.05) is 6.92 Å². The van der Waals surface area contributed by atoms with Crippen molar-refractivity contribution in [2.24, 2.45) is 5.16 Å². The van der Waals surface area contributed by atoms with Crippen LogP contribution in [0.5, 0.6) is 0 Å². The maximum Gasteiger partial charge on any atom is 0.0605 e. The van der Waals surface area contributed by atoms with Gasteiger partial charge in [-0.2, -0.15) is 0 Å². The first-order valence-corrected chi connectivity index (χ1v) is 2.65. The Morgan fingerprint density at radius 1 is 1.78 bits per heavy atom. The van der Waals surface area contributed by atoms with Gasteiger partial charge >= 0.3 is 0 Å². The van der Waals surface area contributed by atoms with Crippen LogP contribution >= 0.6 is 0 Å². The maximum atomic E-state index is 8.20. The highest BCUT2D eigenvalue weighted by Gasteiger charge is 1.89. The van der Waals surface area contributed by atoms with E-state index in [0.29, 0.717) is 6.42 Å². The van der Waals surface area contributed by atoms with E-state index < -0.39 is 0 Å². The Morgan fingerprint density at radius 3 is 2.44 bits per heavy atom. The zero-order valence-electron chi connectivity index (χ0n) is 5.09. The number of allylic oxidation sites excluding steroid dienone is 1. The summed E-state index contributed by atoms with van der Waals surface area (Å²) in [6.07, 6.45) is 3.20. The van der Waals surface area contributed by atoms with Crippen molar-refractivity contribution in [3.8, 4) is 0 Å². The van der Waals surface area contributed by atoms with E-state index in [4.69, 9.17) is 5.21 Å². The zero-order valence-corrected chi connectivity index (χ0v) is 5.09. The predicted octanol–water partition coefficient (Wildman–Crippen LogP) is 0.351. The molecule has 0 spiro atoms. The molecule has 0 saturated heterocycles. The van der Waals surface area contributed by atoms with Gasteiger partial charge in [-0.1, -0.05) is 18.2 Å². The van der Waals surface area contributed by atoms with Crippen LogP contribution in [0.2, 0.25) is 0 Å². The topological polar surface area (TPSA) is 32.6 Å². The van der Waals surface area contributed by atoms with Crippen LogP contribution < -0.4 is 0 Å². The largest absolute Gasteiger partial charge is 0.411 e. The summed E-state index contributed by atoms with van der Waals surface area (Å²) in [5.41, 5.74) is 0.778. The molecule has 54 valence electrons. The average molecular weight is 145 g/mol. The Kier molecular flexibility index (Phi) is 9.29. The lowest BCUT2D eigenvalue weighted by molar-refractivity contribution is 0.317. The molecule has 0 amide bonds. The number of hydrogen-bond acceptors (Lipinski definition) is 2. The normalized spacial score (nSPS) is 10.1. The van der Waals surface area contributed by atoms with Crippen molar-refractivity contribution in [3.63, 3.8) is 0 Å². The molecular formula is C6H15NOSi. The second-order valence-corrected chi connectivity index (χ2v) is 1.51. The lowest BCUT2D eigenvalue weighted by Crippen LogP contribution is -1.91. The highest BCUT2D eigenvalue weighted by molar-refractivity contribution is 5.84. The second-order valence-electron chi connectivity index (χ2n) is 1.51. The minimum absolute atomic E-state index is 0. The van der Waals surface area contributed by atoms with Crippen molar-refractivity contribution in [2.45, 2.75) is 19.8 Å². The third-order valence-corrected chi connectivity index (χ3v) is 0.929. The van der Waals surface area contributed by atoms with Crippen LogP contribution in [-0.2, 0) is 0 Å². The number of nitrogens with zero attached hydrogens (tertiary/aromatic N) is 1. The van der Waals surface area contributed by atoms with E-state index in [9.17, 15) is 0 Å². The van der Waals surface area contributed by atoms with Gasteiger partial charge in [0.15, 0.2) is 0 Å². The summed E-state index contributed by atoms with van der Waals surface area (Å²) in [5.74, 6) is 0. The molecule has 0 radical (unpaired) electrons. The van der Waals surface area contributed by atoms with Crippen LogP contribution in [0.25, 0.3) is 0 Å². The second kappa shape index (κ2) is 7.43. The fourth-order valence-electron chi connectivity index (χ4n) is 0.422. The van der Waals surface area contributed by atoms with Crippen LogP contribution in [-0.4, -0.2) is 21.9 Å². The summed E-state index contributed by atoms with van der Waals surface area (Å²) in [7, 11) is 0. The lowest BCUT2D eigenvalue weighted by Gasteiger charge is -1.91. The van der Waals surface area contributed by atoms with Crippen molar-refractivity contribution in [1.82, 2.24) is 0 Å². The molecule has 0 aliphatic heterocycles. The summed E-state index contributed by atoms with van der Waals surface area (Å²) >= 11 is 0. The third-order valence-electron chi connectivity index (χ3n) is 0.929. The van der Waals surface area contributed by atoms with Gasteiger partial charge in [0.1, 0.15) is 0 Å². The van der Waals surface area contributed by atoms with E-state index in [2.05, 4.69) is 11.7 Å². The molecule has 0 heterocycles. The molecule has 9 heavy (non-hydrogen) atoms. The first kappa shape index (κ1) is 11.3. The first-order chi connectivity index (χ1) is 3.85. The molecule has 0 rings (SSSR count). The van der Waals surface area contributed by atoms with Gasteiger partial charge in [-0.05, 0) is 17.4 Å². The van der Waals surface area contributed by atoms with Gasteiger partial charge in [0, 0.05) is 6.42 Å². The molecule has 0 aromatic heterocycles. The van der Waals surface area contributed by atoms with Gasteiger partial charge in [0.05, 0.1) is 5.71 Å². The van der Waals surface area contributed by atoms with Crippen LogP contribution in [0.3, 0.4) is 0 Å². The van der Waals surface area contributed by atoms with Gasteiger partial charge in [-0.25, -0.2) is 0 Å². The Hall–Kier alpha value is -0.573. The Bertz CT molecular complexity index is 101. The number of hydrogen-bond donors (Lipinski definition) is 1. The number of rotatable bonds is 3. The third kappa shape index (κ3) is 5.30. The molecule has 2 nitrogen and oxygen atoms in total. The summed E-state index contributed by atoms with van der Waals surface area (Å²) in [4.78, 5) is 0. The highest BCUT2D eigenvalue weighted by atomic mass is 28.1. The van der Waals surface area contributed by atoms with Crippen molar-refractivity contribution in [1.29, 1.82) is 0 Å². The van der Waals surface area contributed by atoms with Gasteiger partial charge in [-0.3, -0.25) is 0 Å². The van der Waals surface area contributed by atoms with Crippen LogP contribution in [0.1, 0.15) is 19.8 Å².